The second-order valence-corrected chi connectivity index (χ2v) is 8.94. The van der Waals surface area contributed by atoms with Crippen LogP contribution < -0.4 is 10.6 Å². The summed E-state index contributed by atoms with van der Waals surface area (Å²) in [5.74, 6) is -0.472. The monoisotopic (exact) mass is 391 g/mol. The summed E-state index contributed by atoms with van der Waals surface area (Å²) in [4.78, 5) is 24.2. The number of sulfonamides is 1. The predicted octanol–water partition coefficient (Wildman–Crippen LogP) is 0.486. The molecule has 2 amide bonds. The van der Waals surface area contributed by atoms with Gasteiger partial charge in [0.25, 0.3) is 0 Å². The second kappa shape index (κ2) is 11.5. The summed E-state index contributed by atoms with van der Waals surface area (Å²) in [6.45, 7) is 6.01. The van der Waals surface area contributed by atoms with Crippen molar-refractivity contribution < 1.29 is 22.7 Å². The van der Waals surface area contributed by atoms with Gasteiger partial charge in [-0.2, -0.15) is 0 Å². The van der Waals surface area contributed by atoms with Crippen LogP contribution in [0.25, 0.3) is 0 Å². The minimum Gasteiger partial charge on any atom is -0.379 e. The van der Waals surface area contributed by atoms with Crippen LogP contribution in [0.15, 0.2) is 0 Å². The fourth-order valence-electron chi connectivity index (χ4n) is 2.81. The van der Waals surface area contributed by atoms with Crippen molar-refractivity contribution in [3.8, 4) is 0 Å². The van der Waals surface area contributed by atoms with Gasteiger partial charge in [0.1, 0.15) is 0 Å². The molecule has 1 rings (SSSR count). The molecule has 0 bridgehead atoms. The molecule has 1 heterocycles. The number of hydrogen-bond acceptors (Lipinski definition) is 5. The lowest BCUT2D eigenvalue weighted by molar-refractivity contribution is -0.126. The summed E-state index contributed by atoms with van der Waals surface area (Å²) < 4.78 is 30.4. The van der Waals surface area contributed by atoms with Gasteiger partial charge in [-0.05, 0) is 39.5 Å². The maximum Gasteiger partial charge on any atom is 0.223 e. The summed E-state index contributed by atoms with van der Waals surface area (Å²) in [6, 6.07) is 0. The van der Waals surface area contributed by atoms with E-state index in [0.29, 0.717) is 45.5 Å². The lowest BCUT2D eigenvalue weighted by Gasteiger charge is -2.20. The molecule has 1 atom stereocenters. The highest BCUT2D eigenvalue weighted by molar-refractivity contribution is 7.88. The molecule has 1 aliphatic rings. The van der Waals surface area contributed by atoms with E-state index in [1.165, 1.54) is 4.31 Å². The van der Waals surface area contributed by atoms with E-state index < -0.39 is 10.0 Å². The number of rotatable bonds is 7. The lowest BCUT2D eigenvalue weighted by Crippen LogP contribution is -2.35. The van der Waals surface area contributed by atoms with Gasteiger partial charge in [0.05, 0.1) is 12.4 Å². The molecule has 0 aliphatic carbocycles. The molecule has 1 fully saturated rings. The van der Waals surface area contributed by atoms with Gasteiger partial charge in [0.15, 0.2) is 0 Å². The van der Waals surface area contributed by atoms with Crippen molar-refractivity contribution >= 4 is 21.8 Å². The first-order valence-corrected chi connectivity index (χ1v) is 11.2. The molecule has 0 spiro atoms. The third-order valence-corrected chi connectivity index (χ3v) is 5.58. The Bertz CT molecular complexity index is 551. The first-order chi connectivity index (χ1) is 12.2. The number of nitrogens with zero attached hydrogens (tertiary/aromatic N) is 1. The van der Waals surface area contributed by atoms with Crippen molar-refractivity contribution in [3.63, 3.8) is 0 Å². The minimum absolute atomic E-state index is 0.0473. The Kier molecular flexibility index (Phi) is 10.1. The first kappa shape index (κ1) is 22.9. The Morgan fingerprint density at radius 3 is 2.73 bits per heavy atom. The molecule has 8 nitrogen and oxygen atoms in total. The number of nitrogens with one attached hydrogen (secondary N) is 2. The molecule has 1 saturated heterocycles. The van der Waals surface area contributed by atoms with Crippen molar-refractivity contribution in [2.75, 3.05) is 39.0 Å². The predicted molar refractivity (Wildman–Crippen MR) is 100 cm³/mol. The van der Waals surface area contributed by atoms with E-state index in [2.05, 4.69) is 10.6 Å². The number of carbonyl (C=O) groups is 2. The minimum atomic E-state index is -3.36. The van der Waals surface area contributed by atoms with Crippen LogP contribution in [0.1, 0.15) is 46.0 Å². The molecule has 9 heteroatoms. The number of hydrogen-bond donors (Lipinski definition) is 2. The van der Waals surface area contributed by atoms with Crippen LogP contribution in [0.2, 0.25) is 0 Å². The van der Waals surface area contributed by atoms with Crippen LogP contribution >= 0.6 is 0 Å². The Morgan fingerprint density at radius 1 is 1.35 bits per heavy atom. The van der Waals surface area contributed by atoms with Crippen molar-refractivity contribution in [1.29, 1.82) is 0 Å². The highest BCUT2D eigenvalue weighted by Gasteiger charge is 2.22. The topological polar surface area (TPSA) is 105 Å². The van der Waals surface area contributed by atoms with Gasteiger partial charge in [-0.1, -0.05) is 0 Å². The summed E-state index contributed by atoms with van der Waals surface area (Å²) in [7, 11) is -3.36. The van der Waals surface area contributed by atoms with Gasteiger partial charge in [0.2, 0.25) is 21.8 Å². The maximum atomic E-state index is 12.4. The fraction of sp³-hybridized carbons (Fsp3) is 0.882. The van der Waals surface area contributed by atoms with Crippen molar-refractivity contribution in [2.24, 2.45) is 5.92 Å². The molecule has 0 aromatic rings. The van der Waals surface area contributed by atoms with E-state index in [4.69, 9.17) is 4.74 Å². The van der Waals surface area contributed by atoms with Crippen molar-refractivity contribution in [3.05, 3.63) is 0 Å². The van der Waals surface area contributed by atoms with E-state index in [0.717, 1.165) is 12.7 Å². The summed E-state index contributed by atoms with van der Waals surface area (Å²) >= 11 is 0. The largest absolute Gasteiger partial charge is 0.379 e. The molecule has 26 heavy (non-hydrogen) atoms. The summed E-state index contributed by atoms with van der Waals surface area (Å²) in [6.07, 6.45) is 3.95. The average molecular weight is 392 g/mol. The average Bonchev–Trinajstić information content (AvgIpc) is 2.57. The second-order valence-electron chi connectivity index (χ2n) is 6.95. The molecule has 0 aromatic heterocycles. The van der Waals surface area contributed by atoms with Crippen LogP contribution in [0.4, 0.5) is 0 Å². The van der Waals surface area contributed by atoms with Crippen LogP contribution in [0.5, 0.6) is 0 Å². The lowest BCUT2D eigenvalue weighted by atomic mass is 9.98. The van der Waals surface area contributed by atoms with Crippen LogP contribution in [0.3, 0.4) is 0 Å². The number of amides is 2. The maximum absolute atomic E-state index is 12.4. The quantitative estimate of drug-likeness (QED) is 0.615. The fourth-order valence-corrected chi connectivity index (χ4v) is 3.70. The van der Waals surface area contributed by atoms with Crippen molar-refractivity contribution in [1.82, 2.24) is 14.9 Å². The normalized spacial score (nSPS) is 21.1. The number of ether oxygens (including phenoxy) is 1. The van der Waals surface area contributed by atoms with Gasteiger partial charge in [-0.3, -0.25) is 9.59 Å². The Hall–Kier alpha value is -1.19. The van der Waals surface area contributed by atoms with Gasteiger partial charge in [0, 0.05) is 45.1 Å². The molecule has 2 N–H and O–H groups in total. The Balaban J connectivity index is 2.53. The van der Waals surface area contributed by atoms with Crippen molar-refractivity contribution in [2.45, 2.75) is 52.1 Å². The third kappa shape index (κ3) is 9.49. The zero-order valence-corrected chi connectivity index (χ0v) is 16.9. The van der Waals surface area contributed by atoms with E-state index in [1.54, 1.807) is 0 Å². The molecule has 1 aliphatic heterocycles. The third-order valence-electron chi connectivity index (χ3n) is 4.27. The van der Waals surface area contributed by atoms with Crippen LogP contribution in [-0.4, -0.2) is 69.7 Å². The van der Waals surface area contributed by atoms with E-state index >= 15 is 0 Å². The molecule has 0 radical (unpaired) electrons. The summed E-state index contributed by atoms with van der Waals surface area (Å²) in [5, 5.41) is 5.68. The highest BCUT2D eigenvalue weighted by Crippen LogP contribution is 2.14. The molecule has 1 unspecified atom stereocenters. The van der Waals surface area contributed by atoms with Crippen LogP contribution in [-0.2, 0) is 24.3 Å². The van der Waals surface area contributed by atoms with Gasteiger partial charge >= 0.3 is 0 Å². The molecular formula is C17H33N3O5S. The smallest absolute Gasteiger partial charge is 0.223 e. The number of carbonyl (C=O) groups excluding carboxylic acids is 2. The molecule has 152 valence electrons. The molecule has 0 aromatic carbocycles. The molecular weight excluding hydrogens is 358 g/mol. The van der Waals surface area contributed by atoms with Gasteiger partial charge < -0.3 is 15.4 Å². The molecule has 0 saturated carbocycles. The van der Waals surface area contributed by atoms with E-state index in [1.807, 2.05) is 13.8 Å². The zero-order chi connectivity index (χ0) is 19.6. The van der Waals surface area contributed by atoms with E-state index in [9.17, 15) is 18.0 Å². The Morgan fingerprint density at radius 2 is 2.08 bits per heavy atom. The Labute approximate surface area is 157 Å². The SMILES string of the molecule is CC(C)OCCCNC(=O)C1CCCN(S(C)(=O)=O)CCC(=O)NCC1. The standard InChI is InChI=1S/C17H33N3O5S/c1-14(2)25-13-5-9-19-17(22)15-6-4-11-20(26(3,23)24)12-8-16(21)18-10-7-15/h14-15H,4-13H2,1-3H3,(H,18,21)(H,19,22). The van der Waals surface area contributed by atoms with Gasteiger partial charge in [-0.15, -0.1) is 0 Å². The highest BCUT2D eigenvalue weighted by atomic mass is 32.2. The zero-order valence-electron chi connectivity index (χ0n) is 16.1. The van der Waals surface area contributed by atoms with Gasteiger partial charge in [-0.25, -0.2) is 12.7 Å². The first-order valence-electron chi connectivity index (χ1n) is 9.31. The van der Waals surface area contributed by atoms with Crippen LogP contribution in [0, 0.1) is 5.92 Å². The summed E-state index contributed by atoms with van der Waals surface area (Å²) in [5.41, 5.74) is 0. The van der Waals surface area contributed by atoms with E-state index in [-0.39, 0.29) is 36.8 Å².